The molecule has 0 spiro atoms. The molecule has 1 aromatic heterocycles. The van der Waals surface area contributed by atoms with Gasteiger partial charge in [0.2, 0.25) is 0 Å². The number of nitrogens with zero attached hydrogens (tertiary/aromatic N) is 1. The van der Waals surface area contributed by atoms with Crippen molar-refractivity contribution in [3.63, 3.8) is 0 Å². The number of hydrogen-bond acceptors (Lipinski definition) is 5. The van der Waals surface area contributed by atoms with Crippen LogP contribution < -0.4 is 4.74 Å². The lowest BCUT2D eigenvalue weighted by Gasteiger charge is -2.52. The van der Waals surface area contributed by atoms with Crippen LogP contribution in [-0.4, -0.2) is 65.6 Å². The quantitative estimate of drug-likeness (QED) is 0.731. The first-order chi connectivity index (χ1) is 14.0. The van der Waals surface area contributed by atoms with Crippen LogP contribution in [0.4, 0.5) is 0 Å². The first-order valence-electron chi connectivity index (χ1n) is 10.4. The van der Waals surface area contributed by atoms with Crippen molar-refractivity contribution in [2.75, 3.05) is 27.3 Å². The molecule has 5 rings (SSSR count). The molecule has 1 saturated carbocycles. The molecule has 3 N–H and O–H groups in total. The Bertz CT molecular complexity index is 941. The van der Waals surface area contributed by atoms with Gasteiger partial charge in [-0.05, 0) is 48.8 Å². The summed E-state index contributed by atoms with van der Waals surface area (Å²) in [6.45, 7) is 1.78. The van der Waals surface area contributed by atoms with Gasteiger partial charge in [0.25, 0.3) is 0 Å². The first-order valence-corrected chi connectivity index (χ1v) is 10.4. The van der Waals surface area contributed by atoms with Gasteiger partial charge < -0.3 is 24.7 Å². The zero-order valence-electron chi connectivity index (χ0n) is 16.8. The maximum absolute atomic E-state index is 12.1. The summed E-state index contributed by atoms with van der Waals surface area (Å²) >= 11 is 0. The highest BCUT2D eigenvalue weighted by Crippen LogP contribution is 2.49. The molecule has 1 saturated heterocycles. The van der Waals surface area contributed by atoms with Crippen molar-refractivity contribution in [2.45, 2.75) is 37.5 Å². The summed E-state index contributed by atoms with van der Waals surface area (Å²) in [6.07, 6.45) is 0.981. The number of aliphatic hydroxyl groups excluding tert-OH is 1. The molecule has 7 heteroatoms. The van der Waals surface area contributed by atoms with E-state index in [2.05, 4.69) is 16.0 Å². The average Bonchev–Trinajstić information content (AvgIpc) is 3.09. The van der Waals surface area contributed by atoms with Crippen LogP contribution in [0.1, 0.15) is 30.1 Å². The number of ether oxygens (including phenoxy) is 2. The van der Waals surface area contributed by atoms with E-state index in [-0.39, 0.29) is 17.9 Å². The van der Waals surface area contributed by atoms with E-state index in [1.165, 1.54) is 23.8 Å². The van der Waals surface area contributed by atoms with Crippen molar-refractivity contribution in [1.29, 1.82) is 0 Å². The molecule has 29 heavy (non-hydrogen) atoms. The predicted octanol–water partition coefficient (Wildman–Crippen LogP) is 2.19. The average molecular weight is 400 g/mol. The molecule has 0 unspecified atom stereocenters. The van der Waals surface area contributed by atoms with E-state index < -0.39 is 24.1 Å². The number of carboxylic acids is 1. The molecule has 2 aromatic rings. The molecule has 2 aliphatic heterocycles. The van der Waals surface area contributed by atoms with E-state index in [9.17, 15) is 15.0 Å². The lowest BCUT2D eigenvalue weighted by molar-refractivity contribution is -0.172. The third kappa shape index (κ3) is 2.86. The minimum atomic E-state index is -0.864. The molecule has 7 nitrogen and oxygen atoms in total. The van der Waals surface area contributed by atoms with Crippen LogP contribution in [0, 0.1) is 17.8 Å². The molecule has 6 atom stereocenters. The molecule has 3 aliphatic rings. The van der Waals surface area contributed by atoms with Gasteiger partial charge in [-0.3, -0.25) is 9.69 Å². The molecule has 1 aromatic carbocycles. The second-order valence-corrected chi connectivity index (χ2v) is 8.72. The van der Waals surface area contributed by atoms with Crippen molar-refractivity contribution < 1.29 is 24.5 Å². The molecular formula is C22H28N2O5. The van der Waals surface area contributed by atoms with Crippen LogP contribution in [0.15, 0.2) is 18.2 Å². The van der Waals surface area contributed by atoms with E-state index in [1.807, 2.05) is 12.1 Å². The fourth-order valence-corrected chi connectivity index (χ4v) is 6.15. The van der Waals surface area contributed by atoms with Crippen molar-refractivity contribution in [3.8, 4) is 5.75 Å². The number of fused-ring (bicyclic) bond motifs is 6. The Morgan fingerprint density at radius 1 is 1.28 bits per heavy atom. The molecule has 3 heterocycles. The molecule has 2 fully saturated rings. The van der Waals surface area contributed by atoms with Gasteiger partial charge in [0.1, 0.15) is 5.75 Å². The van der Waals surface area contributed by atoms with E-state index in [0.29, 0.717) is 6.42 Å². The minimum absolute atomic E-state index is 0.00556. The predicted molar refractivity (Wildman–Crippen MR) is 107 cm³/mol. The maximum Gasteiger partial charge on any atom is 0.309 e. The number of nitrogens with one attached hydrogen (secondary N) is 1. The number of rotatable bonds is 3. The van der Waals surface area contributed by atoms with Gasteiger partial charge in [0.05, 0.1) is 31.3 Å². The number of aromatic nitrogens is 1. The highest BCUT2D eigenvalue weighted by molar-refractivity contribution is 5.86. The molecule has 156 valence electrons. The fraction of sp³-hybridized carbons (Fsp3) is 0.591. The molecule has 1 aliphatic carbocycles. The van der Waals surface area contributed by atoms with E-state index >= 15 is 0 Å². The lowest BCUT2D eigenvalue weighted by atomic mass is 9.64. The van der Waals surface area contributed by atoms with Crippen molar-refractivity contribution in [2.24, 2.45) is 17.8 Å². The van der Waals surface area contributed by atoms with Gasteiger partial charge in [-0.2, -0.15) is 0 Å². The Kier molecular flexibility index (Phi) is 4.57. The number of methoxy groups -OCH3 is 2. The summed E-state index contributed by atoms with van der Waals surface area (Å²) in [5, 5.41) is 21.7. The Morgan fingerprint density at radius 3 is 2.83 bits per heavy atom. The van der Waals surface area contributed by atoms with Crippen LogP contribution in [0.25, 0.3) is 10.9 Å². The van der Waals surface area contributed by atoms with Gasteiger partial charge in [-0.15, -0.1) is 0 Å². The zero-order chi connectivity index (χ0) is 20.3. The summed E-state index contributed by atoms with van der Waals surface area (Å²) in [6, 6.07) is 6.31. The van der Waals surface area contributed by atoms with E-state index in [1.54, 1.807) is 7.11 Å². The number of carboxylic acid groups (broad SMARTS) is 1. The van der Waals surface area contributed by atoms with E-state index in [4.69, 9.17) is 9.47 Å². The second kappa shape index (κ2) is 7.00. The maximum atomic E-state index is 12.1. The van der Waals surface area contributed by atoms with Crippen LogP contribution in [0.5, 0.6) is 5.75 Å². The summed E-state index contributed by atoms with van der Waals surface area (Å²) in [5.74, 6) is -0.539. The summed E-state index contributed by atoms with van der Waals surface area (Å²) in [4.78, 5) is 18.2. The van der Waals surface area contributed by atoms with Crippen LogP contribution >= 0.6 is 0 Å². The molecule has 0 bridgehead atoms. The van der Waals surface area contributed by atoms with Crippen molar-refractivity contribution in [3.05, 3.63) is 29.5 Å². The smallest absolute Gasteiger partial charge is 0.309 e. The first kappa shape index (κ1) is 18.9. The topological polar surface area (TPSA) is 95.0 Å². The largest absolute Gasteiger partial charge is 0.497 e. The molecule has 0 amide bonds. The Morgan fingerprint density at radius 2 is 2.10 bits per heavy atom. The number of H-pyrrole nitrogens is 1. The van der Waals surface area contributed by atoms with Gasteiger partial charge in [-0.1, -0.05) is 0 Å². The third-order valence-electron chi connectivity index (χ3n) is 7.44. The van der Waals surface area contributed by atoms with Crippen LogP contribution in [0.3, 0.4) is 0 Å². The fourth-order valence-electron chi connectivity index (χ4n) is 6.15. The van der Waals surface area contributed by atoms with Gasteiger partial charge >= 0.3 is 5.97 Å². The number of aliphatic hydroxyl groups is 1. The Balaban J connectivity index is 1.52. The van der Waals surface area contributed by atoms with Crippen molar-refractivity contribution >= 4 is 16.9 Å². The van der Waals surface area contributed by atoms with Gasteiger partial charge in [0.15, 0.2) is 0 Å². The van der Waals surface area contributed by atoms with Gasteiger partial charge in [0, 0.05) is 42.9 Å². The normalized spacial score (nSPS) is 34.3. The summed E-state index contributed by atoms with van der Waals surface area (Å²) in [7, 11) is 3.17. The second-order valence-electron chi connectivity index (χ2n) is 8.72. The number of benzene rings is 1. The molecular weight excluding hydrogens is 372 g/mol. The van der Waals surface area contributed by atoms with E-state index in [0.717, 1.165) is 37.2 Å². The summed E-state index contributed by atoms with van der Waals surface area (Å²) < 4.78 is 10.8. The SMILES string of the molecule is COc1ccc2c3c([nH]c2c1)[C@@H]1C[C@@H]2[C@@H](C[C@H](O)[C@H](OC)[C@H]2C(=O)O)CN1CC3. The highest BCUT2D eigenvalue weighted by atomic mass is 16.5. The van der Waals surface area contributed by atoms with Crippen LogP contribution in [-0.2, 0) is 16.0 Å². The number of hydrogen-bond donors (Lipinski definition) is 3. The van der Waals surface area contributed by atoms with Crippen molar-refractivity contribution in [1.82, 2.24) is 9.88 Å². The van der Waals surface area contributed by atoms with Crippen LogP contribution in [0.2, 0.25) is 0 Å². The zero-order valence-corrected chi connectivity index (χ0v) is 16.8. The molecule has 0 radical (unpaired) electrons. The Labute approximate surface area is 169 Å². The number of carbonyl (C=O) groups is 1. The Hall–Kier alpha value is -2.09. The standard InChI is InChI=1S/C22H28N2O5/c1-28-12-3-4-13-14-5-6-24-10-11-7-18(25)21(29-2)19(22(26)27)15(11)9-17(24)20(14)23-16(13)8-12/h3-4,8,11,15,17-19,21,23,25H,5-7,9-10H2,1-2H3,(H,26,27)/t11-,15+,17-,18-,19-,21-/m0/s1. The number of piperidine rings is 1. The monoisotopic (exact) mass is 400 g/mol. The highest BCUT2D eigenvalue weighted by Gasteiger charge is 2.52. The van der Waals surface area contributed by atoms with Gasteiger partial charge in [-0.25, -0.2) is 0 Å². The third-order valence-corrected chi connectivity index (χ3v) is 7.44. The lowest BCUT2D eigenvalue weighted by Crippen LogP contribution is -2.57. The summed E-state index contributed by atoms with van der Waals surface area (Å²) in [5.41, 5.74) is 3.62. The number of aliphatic carboxylic acids is 1. The minimum Gasteiger partial charge on any atom is -0.497 e. The number of aromatic amines is 1.